The summed E-state index contributed by atoms with van der Waals surface area (Å²) < 4.78 is 25.9. The molecule has 0 aliphatic rings. The summed E-state index contributed by atoms with van der Waals surface area (Å²) in [5, 5.41) is 0. The van der Waals surface area contributed by atoms with Gasteiger partial charge in [0, 0.05) is 19.5 Å². The van der Waals surface area contributed by atoms with Gasteiger partial charge in [-0.1, -0.05) is 107 Å². The molecular weight excluding hydrogens is 517 g/mol. The Kier molecular flexibility index (Phi) is 10.5. The predicted molar refractivity (Wildman–Crippen MR) is 126 cm³/mol. The molecule has 0 saturated heterocycles. The van der Waals surface area contributed by atoms with E-state index in [4.69, 9.17) is 17.3 Å². The first-order valence-electron chi connectivity index (χ1n) is 9.60. The fourth-order valence-electron chi connectivity index (χ4n) is 3.34. The topological polar surface area (TPSA) is 72.2 Å². The number of sulfonamides is 1. The molecule has 31 heavy (non-hydrogen) atoms. The molecule has 0 radical (unpaired) electrons. The molecule has 0 bridgehead atoms. The molecule has 3 aromatic carbocycles. The molecule has 0 saturated carbocycles. The van der Waals surface area contributed by atoms with E-state index in [1.165, 1.54) is 16.7 Å². The normalized spacial score (nSPS) is 13.7. The van der Waals surface area contributed by atoms with E-state index in [0.29, 0.717) is 5.56 Å². The van der Waals surface area contributed by atoms with Crippen LogP contribution in [-0.4, -0.2) is 14.7 Å². The fourth-order valence-corrected chi connectivity index (χ4v) is 4.80. The van der Waals surface area contributed by atoms with E-state index in [2.05, 4.69) is 43.7 Å². The number of nitrogens with one attached hydrogen (secondary N) is 1. The summed E-state index contributed by atoms with van der Waals surface area (Å²) in [5.74, 6) is 0. The second-order valence-electron chi connectivity index (χ2n) is 7.51. The van der Waals surface area contributed by atoms with Crippen LogP contribution in [0, 0.1) is 20.8 Å². The largest absolute Gasteiger partial charge is 0.321 e. The summed E-state index contributed by atoms with van der Waals surface area (Å²) in [6, 6.07) is 23.9. The average molecular weight is 546 g/mol. The summed E-state index contributed by atoms with van der Waals surface area (Å²) >= 11 is 6.62. The molecular formula is C24H29ClN2O2RuS. The molecule has 0 fully saturated rings. The summed E-state index contributed by atoms with van der Waals surface area (Å²) in [4.78, 5) is -1.45. The van der Waals surface area contributed by atoms with Crippen LogP contribution in [0.4, 0.5) is 0 Å². The molecule has 3 N–H and O–H groups in total. The molecule has 3 aromatic rings. The molecule has 0 aliphatic carbocycles. The molecule has 3 rings (SSSR count). The number of hydrogen-bond donors (Lipinski definition) is 2. The van der Waals surface area contributed by atoms with E-state index >= 15 is 0 Å². The number of halogens is 1. The van der Waals surface area contributed by atoms with Crippen LogP contribution in [0.3, 0.4) is 0 Å². The van der Waals surface area contributed by atoms with Crippen LogP contribution in [0.15, 0.2) is 78.9 Å². The van der Waals surface area contributed by atoms with Gasteiger partial charge in [-0.3, -0.25) is 0 Å². The number of hydrogen-bond acceptors (Lipinski definition) is 3. The maximum absolute atomic E-state index is 11.7. The Morgan fingerprint density at radius 2 is 1.23 bits per heavy atom. The number of nitrogens with two attached hydrogens (primary N) is 1. The third kappa shape index (κ3) is 8.48. The smallest absolute Gasteiger partial charge is 0.210 e. The number of rotatable bonds is 5. The average Bonchev–Trinajstić information content (AvgIpc) is 2.67. The zero-order valence-electron chi connectivity index (χ0n) is 18.1. The Morgan fingerprint density at radius 3 is 1.61 bits per heavy atom. The van der Waals surface area contributed by atoms with Crippen molar-refractivity contribution in [2.45, 2.75) is 31.8 Å². The van der Waals surface area contributed by atoms with Gasteiger partial charge in [0.05, 0.1) is 12.3 Å². The maximum Gasteiger partial charge on any atom is 0.210 e. The van der Waals surface area contributed by atoms with Crippen LogP contribution in [-0.2, 0) is 34.5 Å². The van der Waals surface area contributed by atoms with Crippen molar-refractivity contribution < 1.29 is 27.9 Å². The Bertz CT molecular complexity index is 1010. The Labute approximate surface area is 204 Å². The Hall–Kier alpha value is -1.56. The zero-order chi connectivity index (χ0) is 22.4. The molecule has 7 heteroatoms. The van der Waals surface area contributed by atoms with Gasteiger partial charge in [0.15, 0.2) is 5.00 Å². The van der Waals surface area contributed by atoms with Crippen molar-refractivity contribution in [3.8, 4) is 0 Å². The SMILES string of the molecule is CS(=O)(=O)N[C@](Cl)(c1ccccc1)[C@H](N)c1ccccc1.Cc1cc(C)cc(C)c1.[Ru]. The Balaban J connectivity index is 0.000000404. The molecule has 2 atom stereocenters. The molecule has 0 heterocycles. The van der Waals surface area contributed by atoms with Crippen LogP contribution >= 0.6 is 11.6 Å². The van der Waals surface area contributed by atoms with Crippen molar-refractivity contribution in [3.05, 3.63) is 107 Å². The van der Waals surface area contributed by atoms with Gasteiger partial charge in [0.25, 0.3) is 0 Å². The van der Waals surface area contributed by atoms with Crippen molar-refractivity contribution >= 4 is 21.6 Å². The number of aryl methyl sites for hydroxylation is 3. The van der Waals surface area contributed by atoms with Crippen LogP contribution in [0.2, 0.25) is 0 Å². The summed E-state index contributed by atoms with van der Waals surface area (Å²) in [5.41, 5.74) is 11.7. The zero-order valence-corrected chi connectivity index (χ0v) is 21.4. The first kappa shape index (κ1) is 27.5. The number of benzene rings is 3. The fraction of sp³-hybridized carbons (Fsp3) is 0.250. The van der Waals surface area contributed by atoms with Crippen LogP contribution in [0.25, 0.3) is 0 Å². The maximum atomic E-state index is 11.7. The van der Waals surface area contributed by atoms with Crippen LogP contribution < -0.4 is 10.5 Å². The van der Waals surface area contributed by atoms with E-state index in [0.717, 1.165) is 11.8 Å². The second kappa shape index (κ2) is 11.9. The van der Waals surface area contributed by atoms with Gasteiger partial charge in [-0.25, -0.2) is 8.42 Å². The van der Waals surface area contributed by atoms with Gasteiger partial charge < -0.3 is 5.73 Å². The van der Waals surface area contributed by atoms with Gasteiger partial charge in [-0.05, 0) is 31.9 Å². The summed E-state index contributed by atoms with van der Waals surface area (Å²) in [6.07, 6.45) is 1.06. The third-order valence-corrected chi connectivity index (χ3v) is 5.83. The van der Waals surface area contributed by atoms with E-state index in [1.807, 2.05) is 36.4 Å². The Morgan fingerprint density at radius 1 is 0.839 bits per heavy atom. The van der Waals surface area contributed by atoms with Crippen molar-refractivity contribution in [2.75, 3.05) is 6.26 Å². The van der Waals surface area contributed by atoms with Gasteiger partial charge in [0.1, 0.15) is 0 Å². The van der Waals surface area contributed by atoms with Crippen molar-refractivity contribution in [1.29, 1.82) is 0 Å². The summed E-state index contributed by atoms with van der Waals surface area (Å²) in [6.45, 7) is 6.38. The van der Waals surface area contributed by atoms with E-state index in [1.54, 1.807) is 24.3 Å². The first-order valence-corrected chi connectivity index (χ1v) is 11.9. The molecule has 168 valence electrons. The summed E-state index contributed by atoms with van der Waals surface area (Å²) in [7, 11) is -3.54. The molecule has 0 aliphatic heterocycles. The monoisotopic (exact) mass is 546 g/mol. The third-order valence-electron chi connectivity index (χ3n) is 4.48. The molecule has 0 amide bonds. The predicted octanol–water partition coefficient (Wildman–Crippen LogP) is 4.94. The van der Waals surface area contributed by atoms with Crippen LogP contribution in [0.1, 0.15) is 33.9 Å². The second-order valence-corrected chi connectivity index (χ2v) is 9.85. The molecule has 0 spiro atoms. The molecule has 0 aromatic heterocycles. The van der Waals surface area contributed by atoms with Gasteiger partial charge in [0.2, 0.25) is 10.0 Å². The van der Waals surface area contributed by atoms with E-state index < -0.39 is 21.1 Å². The quantitative estimate of drug-likeness (QED) is 0.271. The number of alkyl halides is 1. The van der Waals surface area contributed by atoms with E-state index in [9.17, 15) is 8.42 Å². The van der Waals surface area contributed by atoms with Crippen molar-refractivity contribution in [1.82, 2.24) is 4.72 Å². The molecule has 0 unspecified atom stereocenters. The minimum atomic E-state index is -3.54. The van der Waals surface area contributed by atoms with Crippen molar-refractivity contribution in [2.24, 2.45) is 5.73 Å². The van der Waals surface area contributed by atoms with E-state index in [-0.39, 0.29) is 19.5 Å². The van der Waals surface area contributed by atoms with Gasteiger partial charge in [-0.15, -0.1) is 0 Å². The minimum Gasteiger partial charge on any atom is -0.321 e. The van der Waals surface area contributed by atoms with Crippen LogP contribution in [0.5, 0.6) is 0 Å². The molecule has 4 nitrogen and oxygen atoms in total. The van der Waals surface area contributed by atoms with Gasteiger partial charge >= 0.3 is 0 Å². The standard InChI is InChI=1S/C15H17ClN2O2S.C9H12.Ru/c1-21(19,20)18-15(16,13-10-6-3-7-11-13)14(17)12-8-4-2-5-9-12;1-7-4-8(2)6-9(3)5-7;/h2-11,14,18H,17H2,1H3;4-6H,1-3H3;/t14-,15-;;/m1../s1. The van der Waals surface area contributed by atoms with Gasteiger partial charge in [-0.2, -0.15) is 4.72 Å². The minimum absolute atomic E-state index is 0. The van der Waals surface area contributed by atoms with Crippen molar-refractivity contribution in [3.63, 3.8) is 0 Å². The first-order chi connectivity index (χ1) is 14.0.